The first kappa shape index (κ1) is 14.9. The predicted molar refractivity (Wildman–Crippen MR) is 77.6 cm³/mol. The summed E-state index contributed by atoms with van der Waals surface area (Å²) in [6.45, 7) is 2.16. The van der Waals surface area contributed by atoms with Gasteiger partial charge in [0.25, 0.3) is 0 Å². The summed E-state index contributed by atoms with van der Waals surface area (Å²) in [6.07, 6.45) is -3.37. The zero-order chi connectivity index (χ0) is 15.6. The summed E-state index contributed by atoms with van der Waals surface area (Å²) in [4.78, 5) is 0. The summed E-state index contributed by atoms with van der Waals surface area (Å²) in [6, 6.07) is 10.9. The van der Waals surface area contributed by atoms with Gasteiger partial charge in [-0.3, -0.25) is 0 Å². The fourth-order valence-corrected chi connectivity index (χ4v) is 2.65. The van der Waals surface area contributed by atoms with E-state index in [1.54, 1.807) is 0 Å². The number of nitrogens with one attached hydrogen (secondary N) is 1. The molecule has 2 aromatic carbocycles. The van der Waals surface area contributed by atoms with Crippen molar-refractivity contribution in [1.29, 1.82) is 0 Å². The van der Waals surface area contributed by atoms with E-state index in [1.807, 2.05) is 12.1 Å². The second-order valence-electron chi connectivity index (χ2n) is 5.29. The van der Waals surface area contributed by atoms with Crippen LogP contribution in [0.25, 0.3) is 0 Å². The van der Waals surface area contributed by atoms with Crippen molar-refractivity contribution in [1.82, 2.24) is 5.32 Å². The lowest BCUT2D eigenvalue weighted by Crippen LogP contribution is -2.24. The Morgan fingerprint density at radius 3 is 2.55 bits per heavy atom. The monoisotopic (exact) mass is 307 g/mol. The summed E-state index contributed by atoms with van der Waals surface area (Å²) < 4.78 is 43.2. The van der Waals surface area contributed by atoms with Crippen molar-refractivity contribution in [2.45, 2.75) is 25.7 Å². The van der Waals surface area contributed by atoms with E-state index in [0.717, 1.165) is 37.2 Å². The first-order valence-corrected chi connectivity index (χ1v) is 7.14. The number of fused-ring (bicyclic) bond motifs is 1. The molecule has 116 valence electrons. The molecule has 0 saturated carbocycles. The lowest BCUT2D eigenvalue weighted by molar-refractivity contribution is -0.137. The van der Waals surface area contributed by atoms with Crippen molar-refractivity contribution in [2.24, 2.45) is 0 Å². The molecule has 5 heteroatoms. The molecule has 2 aromatic rings. The second kappa shape index (κ2) is 6.01. The van der Waals surface area contributed by atoms with E-state index < -0.39 is 11.7 Å². The van der Waals surface area contributed by atoms with Gasteiger partial charge in [0.05, 0.1) is 5.56 Å². The molecule has 1 aliphatic heterocycles. The predicted octanol–water partition coefficient (Wildman–Crippen LogP) is 3.93. The molecule has 1 N–H and O–H groups in total. The van der Waals surface area contributed by atoms with Crippen molar-refractivity contribution >= 4 is 0 Å². The maximum atomic E-state index is 12.5. The van der Waals surface area contributed by atoms with Gasteiger partial charge in [-0.15, -0.1) is 0 Å². The zero-order valence-corrected chi connectivity index (χ0v) is 11.9. The van der Waals surface area contributed by atoms with Crippen molar-refractivity contribution in [3.8, 4) is 5.75 Å². The Morgan fingerprint density at radius 1 is 1.05 bits per heavy atom. The van der Waals surface area contributed by atoms with Crippen molar-refractivity contribution < 1.29 is 17.9 Å². The van der Waals surface area contributed by atoms with Gasteiger partial charge in [0.15, 0.2) is 0 Å². The lowest BCUT2D eigenvalue weighted by Gasteiger charge is -2.20. The molecule has 0 fully saturated rings. The molecule has 1 heterocycles. The molecule has 0 atom stereocenters. The number of rotatable bonds is 3. The van der Waals surface area contributed by atoms with Gasteiger partial charge in [-0.05, 0) is 53.9 Å². The molecule has 1 aliphatic rings. The van der Waals surface area contributed by atoms with E-state index in [0.29, 0.717) is 12.4 Å². The average Bonchev–Trinajstić information content (AvgIpc) is 2.52. The summed E-state index contributed by atoms with van der Waals surface area (Å²) >= 11 is 0. The van der Waals surface area contributed by atoms with Crippen LogP contribution in [0.3, 0.4) is 0 Å². The number of halogens is 3. The SMILES string of the molecule is FC(F)(F)c1ccc(OCc2cccc3c2CCNC3)cc1. The van der Waals surface area contributed by atoms with Gasteiger partial charge in [-0.2, -0.15) is 13.2 Å². The molecule has 22 heavy (non-hydrogen) atoms. The van der Waals surface area contributed by atoms with Gasteiger partial charge >= 0.3 is 6.18 Å². The Kier molecular flexibility index (Phi) is 4.07. The van der Waals surface area contributed by atoms with Crippen LogP contribution in [0.4, 0.5) is 13.2 Å². The minimum absolute atomic E-state index is 0.370. The molecule has 0 amide bonds. The Bertz CT molecular complexity index is 650. The standard InChI is InChI=1S/C17H16F3NO/c18-17(19,20)14-4-6-15(7-5-14)22-11-13-3-1-2-12-10-21-9-8-16(12)13/h1-7,21H,8-11H2. The zero-order valence-electron chi connectivity index (χ0n) is 11.9. The maximum Gasteiger partial charge on any atom is 0.416 e. The number of hydrogen-bond donors (Lipinski definition) is 1. The van der Waals surface area contributed by atoms with Gasteiger partial charge < -0.3 is 10.1 Å². The van der Waals surface area contributed by atoms with Crippen LogP contribution in [0.15, 0.2) is 42.5 Å². The Labute approximate surface area is 126 Å². The molecule has 0 aromatic heterocycles. The highest BCUT2D eigenvalue weighted by Gasteiger charge is 2.30. The van der Waals surface area contributed by atoms with Gasteiger partial charge in [0.1, 0.15) is 12.4 Å². The summed E-state index contributed by atoms with van der Waals surface area (Å²) in [5, 5.41) is 3.31. The second-order valence-corrected chi connectivity index (χ2v) is 5.29. The van der Waals surface area contributed by atoms with Gasteiger partial charge in [-0.1, -0.05) is 18.2 Å². The molecule has 0 unspecified atom stereocenters. The molecule has 0 saturated heterocycles. The van der Waals surface area contributed by atoms with Crippen LogP contribution < -0.4 is 10.1 Å². The molecular weight excluding hydrogens is 291 g/mol. The van der Waals surface area contributed by atoms with Crippen molar-refractivity contribution in [2.75, 3.05) is 6.54 Å². The highest BCUT2D eigenvalue weighted by atomic mass is 19.4. The van der Waals surface area contributed by atoms with E-state index in [2.05, 4.69) is 11.4 Å². The van der Waals surface area contributed by atoms with Crippen LogP contribution in [0.1, 0.15) is 22.3 Å². The molecule has 0 radical (unpaired) electrons. The molecule has 0 aliphatic carbocycles. The van der Waals surface area contributed by atoms with Gasteiger partial charge in [0.2, 0.25) is 0 Å². The molecule has 0 bridgehead atoms. The average molecular weight is 307 g/mol. The van der Waals surface area contributed by atoms with Crippen LogP contribution in [0.2, 0.25) is 0 Å². The normalized spacial score (nSPS) is 14.5. The maximum absolute atomic E-state index is 12.5. The van der Waals surface area contributed by atoms with Gasteiger partial charge in [0, 0.05) is 6.54 Å². The number of ether oxygens (including phenoxy) is 1. The number of hydrogen-bond acceptors (Lipinski definition) is 2. The minimum atomic E-state index is -4.32. The quantitative estimate of drug-likeness (QED) is 0.927. The van der Waals surface area contributed by atoms with E-state index >= 15 is 0 Å². The van der Waals surface area contributed by atoms with Crippen molar-refractivity contribution in [3.05, 3.63) is 64.7 Å². The van der Waals surface area contributed by atoms with Crippen molar-refractivity contribution in [3.63, 3.8) is 0 Å². The Morgan fingerprint density at radius 2 is 1.82 bits per heavy atom. The third kappa shape index (κ3) is 3.25. The highest BCUT2D eigenvalue weighted by Crippen LogP contribution is 2.30. The molecule has 2 nitrogen and oxygen atoms in total. The molecule has 0 spiro atoms. The third-order valence-corrected chi connectivity index (χ3v) is 3.81. The van der Waals surface area contributed by atoms with Crippen LogP contribution in [-0.4, -0.2) is 6.54 Å². The lowest BCUT2D eigenvalue weighted by atomic mass is 9.96. The smallest absolute Gasteiger partial charge is 0.416 e. The Hall–Kier alpha value is -2.01. The molecular formula is C17H16F3NO. The first-order chi connectivity index (χ1) is 10.5. The summed E-state index contributed by atoms with van der Waals surface area (Å²) in [7, 11) is 0. The fraction of sp³-hybridized carbons (Fsp3) is 0.294. The van der Waals surface area contributed by atoms with E-state index in [4.69, 9.17) is 4.74 Å². The number of benzene rings is 2. The Balaban J connectivity index is 1.70. The third-order valence-electron chi connectivity index (χ3n) is 3.81. The topological polar surface area (TPSA) is 21.3 Å². The first-order valence-electron chi connectivity index (χ1n) is 7.14. The van der Waals surface area contributed by atoms with Crippen LogP contribution in [-0.2, 0) is 25.7 Å². The number of alkyl halides is 3. The van der Waals surface area contributed by atoms with E-state index in [9.17, 15) is 13.2 Å². The van der Waals surface area contributed by atoms with E-state index in [-0.39, 0.29) is 0 Å². The van der Waals surface area contributed by atoms with Gasteiger partial charge in [-0.25, -0.2) is 0 Å². The van der Waals surface area contributed by atoms with Crippen LogP contribution in [0.5, 0.6) is 5.75 Å². The summed E-state index contributed by atoms with van der Waals surface area (Å²) in [5.41, 5.74) is 2.98. The largest absolute Gasteiger partial charge is 0.489 e. The van der Waals surface area contributed by atoms with Crippen LogP contribution in [0, 0.1) is 0 Å². The van der Waals surface area contributed by atoms with E-state index in [1.165, 1.54) is 23.3 Å². The molecule has 3 rings (SSSR count). The fourth-order valence-electron chi connectivity index (χ4n) is 2.65. The highest BCUT2D eigenvalue weighted by molar-refractivity contribution is 5.37. The minimum Gasteiger partial charge on any atom is -0.489 e. The van der Waals surface area contributed by atoms with Crippen LogP contribution >= 0.6 is 0 Å². The summed E-state index contributed by atoms with van der Waals surface area (Å²) in [5.74, 6) is 0.444.